The van der Waals surface area contributed by atoms with E-state index in [0.29, 0.717) is 0 Å². The summed E-state index contributed by atoms with van der Waals surface area (Å²) < 4.78 is 10.8. The molecule has 0 aromatic heterocycles. The monoisotopic (exact) mass is 263 g/mol. The van der Waals surface area contributed by atoms with E-state index in [1.165, 1.54) is 6.92 Å². The molecule has 18 heavy (non-hydrogen) atoms. The van der Waals surface area contributed by atoms with Crippen LogP contribution in [0.15, 0.2) is 0 Å². The highest BCUT2D eigenvalue weighted by Gasteiger charge is 2.45. The minimum absolute atomic E-state index is 0.187. The number of hydrogen-bond acceptors (Lipinski definition) is 6. The van der Waals surface area contributed by atoms with Crippen molar-refractivity contribution in [3.05, 3.63) is 0 Å². The van der Waals surface area contributed by atoms with E-state index in [1.54, 1.807) is 13.8 Å². The van der Waals surface area contributed by atoms with Crippen molar-refractivity contribution in [1.29, 1.82) is 0 Å². The Hall–Kier alpha value is -0.730. The second-order valence-corrected chi connectivity index (χ2v) is 4.62. The summed E-state index contributed by atoms with van der Waals surface area (Å²) in [5.41, 5.74) is 0. The molecule has 2 unspecified atom stereocenters. The third-order valence-corrected chi connectivity index (χ3v) is 2.66. The minimum Gasteiger partial charge on any atom is -0.394 e. The number of carbonyl (C=O) groups is 1. The first-order valence-corrected chi connectivity index (χ1v) is 5.91. The predicted molar refractivity (Wildman–Crippen MR) is 61.6 cm³/mol. The lowest BCUT2D eigenvalue weighted by Crippen LogP contribution is -2.64. The van der Waals surface area contributed by atoms with Crippen LogP contribution >= 0.6 is 0 Å². The number of rotatable bonds is 4. The third kappa shape index (κ3) is 3.63. The molecule has 4 N–H and O–H groups in total. The molecule has 1 rings (SSSR count). The maximum atomic E-state index is 11.1. The lowest BCUT2D eigenvalue weighted by Gasteiger charge is -2.42. The first kappa shape index (κ1) is 15.3. The van der Waals surface area contributed by atoms with Crippen molar-refractivity contribution in [2.75, 3.05) is 6.61 Å². The number of aliphatic hydroxyl groups excluding tert-OH is 3. The number of carbonyl (C=O) groups excluding carboxylic acids is 1. The Balaban J connectivity index is 2.83. The van der Waals surface area contributed by atoms with Crippen LogP contribution in [-0.2, 0) is 14.3 Å². The molecule has 0 aromatic carbocycles. The van der Waals surface area contributed by atoms with Gasteiger partial charge in [0.05, 0.1) is 12.7 Å². The fraction of sp³-hybridized carbons (Fsp3) is 0.909. The van der Waals surface area contributed by atoms with Crippen LogP contribution in [-0.4, -0.2) is 64.6 Å². The van der Waals surface area contributed by atoms with Gasteiger partial charge in [0.25, 0.3) is 0 Å². The fourth-order valence-corrected chi connectivity index (χ4v) is 1.85. The van der Waals surface area contributed by atoms with Crippen molar-refractivity contribution < 1.29 is 29.6 Å². The van der Waals surface area contributed by atoms with Gasteiger partial charge in [-0.05, 0) is 13.8 Å². The van der Waals surface area contributed by atoms with Gasteiger partial charge in [-0.15, -0.1) is 0 Å². The Labute approximate surface area is 106 Å². The van der Waals surface area contributed by atoms with Crippen molar-refractivity contribution in [2.45, 2.75) is 57.5 Å². The molecule has 1 aliphatic rings. The summed E-state index contributed by atoms with van der Waals surface area (Å²) in [7, 11) is 0. The normalized spacial score (nSPS) is 36.7. The summed E-state index contributed by atoms with van der Waals surface area (Å²) in [5.74, 6) is -0.366. The van der Waals surface area contributed by atoms with Crippen molar-refractivity contribution >= 4 is 5.91 Å². The second-order valence-electron chi connectivity index (χ2n) is 4.62. The Kier molecular flexibility index (Phi) is 5.48. The Morgan fingerprint density at radius 3 is 2.44 bits per heavy atom. The summed E-state index contributed by atoms with van der Waals surface area (Å²) in [6.45, 7) is 4.41. The van der Waals surface area contributed by atoms with Crippen LogP contribution < -0.4 is 5.32 Å². The van der Waals surface area contributed by atoms with Gasteiger partial charge in [0.15, 0.2) is 6.29 Å². The molecule has 1 aliphatic heterocycles. The molecule has 1 saturated heterocycles. The molecule has 0 spiro atoms. The first-order valence-electron chi connectivity index (χ1n) is 5.91. The van der Waals surface area contributed by atoms with Crippen LogP contribution in [0, 0.1) is 0 Å². The molecule has 7 heteroatoms. The smallest absolute Gasteiger partial charge is 0.217 e. The Morgan fingerprint density at radius 2 is 2.00 bits per heavy atom. The highest BCUT2D eigenvalue weighted by molar-refractivity contribution is 5.73. The van der Waals surface area contributed by atoms with Gasteiger partial charge in [-0.2, -0.15) is 0 Å². The molecule has 0 radical (unpaired) electrons. The number of amides is 1. The topological polar surface area (TPSA) is 108 Å². The molecule has 5 atom stereocenters. The van der Waals surface area contributed by atoms with Crippen LogP contribution in [0.1, 0.15) is 20.8 Å². The highest BCUT2D eigenvalue weighted by atomic mass is 16.7. The zero-order valence-electron chi connectivity index (χ0n) is 10.7. The van der Waals surface area contributed by atoms with Gasteiger partial charge >= 0.3 is 0 Å². The number of nitrogens with one attached hydrogen (secondary N) is 1. The lowest BCUT2D eigenvalue weighted by atomic mass is 9.97. The number of hydrogen-bond donors (Lipinski definition) is 4. The summed E-state index contributed by atoms with van der Waals surface area (Å²) in [5, 5.41) is 31.2. The lowest BCUT2D eigenvalue weighted by molar-refractivity contribution is -0.278. The minimum atomic E-state index is -1.28. The van der Waals surface area contributed by atoms with Gasteiger partial charge in [-0.1, -0.05) is 0 Å². The molecule has 0 aliphatic carbocycles. The predicted octanol–water partition coefficient (Wildman–Crippen LogP) is -1.64. The van der Waals surface area contributed by atoms with Gasteiger partial charge < -0.3 is 30.1 Å². The molecule has 0 saturated carbocycles. The van der Waals surface area contributed by atoms with Crippen molar-refractivity contribution in [2.24, 2.45) is 0 Å². The maximum absolute atomic E-state index is 11.1. The molecular weight excluding hydrogens is 242 g/mol. The van der Waals surface area contributed by atoms with Gasteiger partial charge in [0.2, 0.25) is 5.91 Å². The first-order chi connectivity index (χ1) is 8.36. The van der Waals surface area contributed by atoms with E-state index in [0.717, 1.165) is 0 Å². The summed E-state index contributed by atoms with van der Waals surface area (Å²) in [6.07, 6.45) is -4.58. The molecule has 7 nitrogen and oxygen atoms in total. The molecule has 0 aromatic rings. The summed E-state index contributed by atoms with van der Waals surface area (Å²) in [6, 6.07) is -0.873. The SMILES string of the molecule is CC(=O)NC1[C@H](OC(C)C)OC(CO)[C@@H](O)[C@@H]1O. The number of ether oxygens (including phenoxy) is 2. The van der Waals surface area contributed by atoms with E-state index in [2.05, 4.69) is 5.32 Å². The Bertz CT molecular complexity index is 285. The average molecular weight is 263 g/mol. The second kappa shape index (κ2) is 6.44. The van der Waals surface area contributed by atoms with Gasteiger partial charge in [-0.25, -0.2) is 0 Å². The van der Waals surface area contributed by atoms with Gasteiger partial charge in [0, 0.05) is 6.92 Å². The fourth-order valence-electron chi connectivity index (χ4n) is 1.85. The number of aliphatic hydroxyl groups is 3. The standard InChI is InChI=1S/C11H21NO6/c1-5(2)17-11-8(12-6(3)14)10(16)9(15)7(4-13)18-11/h5,7-11,13,15-16H,4H2,1-3H3,(H,12,14)/t7?,8?,9-,10-,11-/m1/s1. The largest absolute Gasteiger partial charge is 0.394 e. The summed E-state index contributed by atoms with van der Waals surface area (Å²) in [4.78, 5) is 11.1. The van der Waals surface area contributed by atoms with E-state index >= 15 is 0 Å². The molecule has 1 heterocycles. The van der Waals surface area contributed by atoms with Crippen LogP contribution in [0.2, 0.25) is 0 Å². The van der Waals surface area contributed by atoms with Crippen molar-refractivity contribution in [3.63, 3.8) is 0 Å². The molecule has 1 fully saturated rings. The van der Waals surface area contributed by atoms with Gasteiger partial charge in [0.1, 0.15) is 24.4 Å². The molecule has 106 valence electrons. The third-order valence-electron chi connectivity index (χ3n) is 2.66. The quantitative estimate of drug-likeness (QED) is 0.484. The van der Waals surface area contributed by atoms with Crippen molar-refractivity contribution in [3.8, 4) is 0 Å². The molecule has 0 bridgehead atoms. The van der Waals surface area contributed by atoms with E-state index in [-0.39, 0.29) is 12.0 Å². The van der Waals surface area contributed by atoms with Crippen LogP contribution in [0.4, 0.5) is 0 Å². The van der Waals surface area contributed by atoms with Crippen molar-refractivity contribution in [1.82, 2.24) is 5.32 Å². The van der Waals surface area contributed by atoms with Crippen LogP contribution in [0.25, 0.3) is 0 Å². The molecular formula is C11H21NO6. The van der Waals surface area contributed by atoms with Crippen LogP contribution in [0.3, 0.4) is 0 Å². The summed E-state index contributed by atoms with van der Waals surface area (Å²) >= 11 is 0. The maximum Gasteiger partial charge on any atom is 0.217 e. The zero-order chi connectivity index (χ0) is 13.9. The highest BCUT2D eigenvalue weighted by Crippen LogP contribution is 2.22. The Morgan fingerprint density at radius 1 is 1.39 bits per heavy atom. The zero-order valence-corrected chi connectivity index (χ0v) is 10.7. The van der Waals surface area contributed by atoms with Gasteiger partial charge in [-0.3, -0.25) is 4.79 Å². The van der Waals surface area contributed by atoms with E-state index in [1.807, 2.05) is 0 Å². The van der Waals surface area contributed by atoms with Crippen LogP contribution in [0.5, 0.6) is 0 Å². The van der Waals surface area contributed by atoms with E-state index in [4.69, 9.17) is 14.6 Å². The van der Waals surface area contributed by atoms with E-state index < -0.39 is 37.3 Å². The van der Waals surface area contributed by atoms with E-state index in [9.17, 15) is 15.0 Å². The molecule has 1 amide bonds. The average Bonchev–Trinajstić information content (AvgIpc) is 2.27.